The highest BCUT2D eigenvalue weighted by Gasteiger charge is 2.31. The van der Waals surface area contributed by atoms with Gasteiger partial charge in [0, 0.05) is 17.6 Å². The Balaban J connectivity index is 2.65. The Morgan fingerprint density at radius 3 is 2.45 bits per heavy atom. The Kier molecular flexibility index (Phi) is 7.02. The van der Waals surface area contributed by atoms with E-state index in [0.29, 0.717) is 19.6 Å². The van der Waals surface area contributed by atoms with Gasteiger partial charge in [-0.3, -0.25) is 4.79 Å². The van der Waals surface area contributed by atoms with Gasteiger partial charge < -0.3 is 14.8 Å². The average Bonchev–Trinajstić information content (AvgIpc) is 2.46. The number of carbonyl (C=O) groups excluding carboxylic acids is 1. The summed E-state index contributed by atoms with van der Waals surface area (Å²) in [5.74, 6) is 0.654. The van der Waals surface area contributed by atoms with E-state index >= 15 is 0 Å². The summed E-state index contributed by atoms with van der Waals surface area (Å²) in [6.45, 7) is 6.75. The summed E-state index contributed by atoms with van der Waals surface area (Å²) in [5, 5.41) is 3.66. The van der Waals surface area contributed by atoms with Crippen LogP contribution in [0, 0.1) is 0 Å². The van der Waals surface area contributed by atoms with Gasteiger partial charge in [0.25, 0.3) is 5.91 Å². The summed E-state index contributed by atoms with van der Waals surface area (Å²) >= 11 is 3.30. The Morgan fingerprint density at radius 2 is 1.95 bits per heavy atom. The summed E-state index contributed by atoms with van der Waals surface area (Å²) in [7, 11) is 0. The number of carbonyl (C=O) groups is 1. The van der Waals surface area contributed by atoms with Crippen molar-refractivity contribution in [2.45, 2.75) is 32.8 Å². The minimum absolute atomic E-state index is 0.129. The van der Waals surface area contributed by atoms with Gasteiger partial charge in [0.05, 0.1) is 6.61 Å². The van der Waals surface area contributed by atoms with Gasteiger partial charge >= 0.3 is 0 Å². The summed E-state index contributed by atoms with van der Waals surface area (Å²) in [6.07, 6.45) is 0.624. The number of halogens is 1. The number of nitrogens with one attached hydrogen (secondary N) is 1. The minimum Gasteiger partial charge on any atom is -0.493 e. The molecule has 0 bridgehead atoms. The number of hydrogen-bond acceptors (Lipinski definition) is 3. The van der Waals surface area contributed by atoms with Crippen LogP contribution in [0.2, 0.25) is 0 Å². The molecule has 0 aliphatic heterocycles. The third-order valence-electron chi connectivity index (χ3n) is 3.08. The van der Waals surface area contributed by atoms with Crippen molar-refractivity contribution < 1.29 is 14.3 Å². The zero-order valence-electron chi connectivity index (χ0n) is 12.2. The first-order valence-corrected chi connectivity index (χ1v) is 7.92. The lowest BCUT2D eigenvalue weighted by atomic mass is 10.0. The van der Waals surface area contributed by atoms with Crippen LogP contribution in [-0.2, 0) is 9.53 Å². The van der Waals surface area contributed by atoms with Crippen molar-refractivity contribution in [3.8, 4) is 5.75 Å². The van der Waals surface area contributed by atoms with Gasteiger partial charge in [0.1, 0.15) is 11.4 Å². The third kappa shape index (κ3) is 4.80. The van der Waals surface area contributed by atoms with Gasteiger partial charge in [-0.25, -0.2) is 0 Å². The number of hydrogen-bond donors (Lipinski definition) is 1. The molecule has 1 aromatic rings. The van der Waals surface area contributed by atoms with Crippen molar-refractivity contribution in [1.29, 1.82) is 0 Å². The monoisotopic (exact) mass is 343 g/mol. The number of alkyl halides is 1. The molecule has 0 saturated heterocycles. The summed E-state index contributed by atoms with van der Waals surface area (Å²) in [4.78, 5) is 12.2. The van der Waals surface area contributed by atoms with E-state index in [4.69, 9.17) is 9.47 Å². The first-order chi connectivity index (χ1) is 9.55. The standard InChI is InChI=1S/C15H22BrNO3/c1-4-15(3,20-5-2)14(18)17-12-6-8-13(9-7-12)19-11-10-16/h6-9H,4-5,10-11H2,1-3H3,(H,17,18)/t15-/m0/s1. The van der Waals surface area contributed by atoms with Crippen LogP contribution in [0.4, 0.5) is 5.69 Å². The minimum atomic E-state index is -0.792. The molecule has 1 rings (SSSR count). The molecule has 4 nitrogen and oxygen atoms in total. The number of benzene rings is 1. The predicted octanol–water partition coefficient (Wildman–Crippen LogP) is 3.60. The molecule has 1 N–H and O–H groups in total. The van der Waals surface area contributed by atoms with Crippen LogP contribution in [0.25, 0.3) is 0 Å². The molecule has 0 aromatic heterocycles. The number of amides is 1. The van der Waals surface area contributed by atoms with E-state index < -0.39 is 5.60 Å². The Hall–Kier alpha value is -1.07. The van der Waals surface area contributed by atoms with Crippen LogP contribution in [0.5, 0.6) is 5.75 Å². The molecule has 0 spiro atoms. The molecule has 0 heterocycles. The maximum atomic E-state index is 12.2. The van der Waals surface area contributed by atoms with Crippen molar-refractivity contribution >= 4 is 27.5 Å². The zero-order valence-corrected chi connectivity index (χ0v) is 13.8. The molecule has 1 aromatic carbocycles. The van der Waals surface area contributed by atoms with Crippen molar-refractivity contribution in [3.05, 3.63) is 24.3 Å². The maximum Gasteiger partial charge on any atom is 0.256 e. The zero-order chi connectivity index (χ0) is 15.0. The Bertz CT molecular complexity index is 422. The van der Waals surface area contributed by atoms with Crippen LogP contribution in [0.15, 0.2) is 24.3 Å². The second-order valence-corrected chi connectivity index (χ2v) is 5.33. The maximum absolute atomic E-state index is 12.2. The summed E-state index contributed by atoms with van der Waals surface area (Å²) < 4.78 is 11.0. The molecular formula is C15H22BrNO3. The molecule has 0 aliphatic rings. The molecule has 0 fully saturated rings. The van der Waals surface area contributed by atoms with Crippen molar-refractivity contribution in [1.82, 2.24) is 0 Å². The lowest BCUT2D eigenvalue weighted by Crippen LogP contribution is -2.42. The first-order valence-electron chi connectivity index (χ1n) is 6.80. The summed E-state index contributed by atoms with van der Waals surface area (Å²) in [5.41, 5.74) is -0.0551. The van der Waals surface area contributed by atoms with Crippen molar-refractivity contribution in [3.63, 3.8) is 0 Å². The van der Waals surface area contributed by atoms with Crippen LogP contribution in [0.1, 0.15) is 27.2 Å². The van der Waals surface area contributed by atoms with E-state index in [1.165, 1.54) is 0 Å². The Labute approximate surface area is 129 Å². The molecule has 20 heavy (non-hydrogen) atoms. The second-order valence-electron chi connectivity index (χ2n) is 4.53. The van der Waals surface area contributed by atoms with Gasteiger partial charge in [0.15, 0.2) is 0 Å². The highest BCUT2D eigenvalue weighted by Crippen LogP contribution is 2.20. The lowest BCUT2D eigenvalue weighted by molar-refractivity contribution is -0.139. The topological polar surface area (TPSA) is 47.6 Å². The SMILES string of the molecule is CCO[C@@](C)(CC)C(=O)Nc1ccc(OCCBr)cc1. The van der Waals surface area contributed by atoms with Gasteiger partial charge in [-0.15, -0.1) is 0 Å². The smallest absolute Gasteiger partial charge is 0.256 e. The van der Waals surface area contributed by atoms with Crippen molar-refractivity contribution in [2.75, 3.05) is 23.9 Å². The molecular weight excluding hydrogens is 322 g/mol. The van der Waals surface area contributed by atoms with E-state index in [1.807, 2.05) is 38.1 Å². The molecule has 1 atom stereocenters. The third-order valence-corrected chi connectivity index (χ3v) is 3.40. The largest absolute Gasteiger partial charge is 0.493 e. The molecule has 5 heteroatoms. The predicted molar refractivity (Wildman–Crippen MR) is 84.7 cm³/mol. The fourth-order valence-corrected chi connectivity index (χ4v) is 1.86. The lowest BCUT2D eigenvalue weighted by Gasteiger charge is -2.26. The molecule has 0 unspecified atom stereocenters. The van der Waals surface area contributed by atoms with E-state index in [1.54, 1.807) is 6.92 Å². The van der Waals surface area contributed by atoms with Crippen molar-refractivity contribution in [2.24, 2.45) is 0 Å². The molecule has 1 amide bonds. The molecule has 112 valence electrons. The molecule has 0 aliphatic carbocycles. The number of anilines is 1. The van der Waals surface area contributed by atoms with E-state index in [2.05, 4.69) is 21.2 Å². The average molecular weight is 344 g/mol. The number of rotatable bonds is 8. The van der Waals surface area contributed by atoms with Crippen LogP contribution in [0.3, 0.4) is 0 Å². The Morgan fingerprint density at radius 1 is 1.30 bits per heavy atom. The quantitative estimate of drug-likeness (QED) is 0.733. The molecule has 0 radical (unpaired) electrons. The van der Waals surface area contributed by atoms with E-state index in [9.17, 15) is 4.79 Å². The first kappa shape index (κ1) is 17.0. The fraction of sp³-hybridized carbons (Fsp3) is 0.533. The second kappa shape index (κ2) is 8.27. The van der Waals surface area contributed by atoms with E-state index in [-0.39, 0.29) is 5.91 Å². The highest BCUT2D eigenvalue weighted by atomic mass is 79.9. The highest BCUT2D eigenvalue weighted by molar-refractivity contribution is 9.09. The van der Waals surface area contributed by atoms with Gasteiger partial charge in [-0.2, -0.15) is 0 Å². The van der Waals surface area contributed by atoms with Gasteiger partial charge in [-0.05, 0) is 44.5 Å². The van der Waals surface area contributed by atoms with Gasteiger partial charge in [-0.1, -0.05) is 22.9 Å². The summed E-state index contributed by atoms with van der Waals surface area (Å²) in [6, 6.07) is 7.32. The number of ether oxygens (including phenoxy) is 2. The fourth-order valence-electron chi connectivity index (χ4n) is 1.70. The van der Waals surface area contributed by atoms with Gasteiger partial charge in [0.2, 0.25) is 0 Å². The molecule has 0 saturated carbocycles. The van der Waals surface area contributed by atoms with Crippen LogP contribution < -0.4 is 10.1 Å². The normalized spacial score (nSPS) is 13.6. The van der Waals surface area contributed by atoms with E-state index in [0.717, 1.165) is 16.8 Å². The van der Waals surface area contributed by atoms with Crippen LogP contribution in [-0.4, -0.2) is 30.1 Å². The van der Waals surface area contributed by atoms with Crippen LogP contribution >= 0.6 is 15.9 Å².